The number of rotatable bonds is 3. The molecule has 1 atom stereocenters. The van der Waals surface area contributed by atoms with Crippen LogP contribution in [0.1, 0.15) is 32.6 Å². The first-order chi connectivity index (χ1) is 7.74. The standard InChI is InChI=1S/C12H21NO3/c1-2-16-11(14)7-10-8-12(9-13-10)3-5-15-6-4-12/h10,13H,2-9H2,1H3. The van der Waals surface area contributed by atoms with Crippen molar-refractivity contribution < 1.29 is 14.3 Å². The lowest BCUT2D eigenvalue weighted by Gasteiger charge is -2.32. The Morgan fingerprint density at radius 1 is 1.50 bits per heavy atom. The highest BCUT2D eigenvalue weighted by Gasteiger charge is 2.40. The number of esters is 1. The van der Waals surface area contributed by atoms with Crippen molar-refractivity contribution in [3.8, 4) is 0 Å². The van der Waals surface area contributed by atoms with Crippen molar-refractivity contribution in [2.75, 3.05) is 26.4 Å². The quantitative estimate of drug-likeness (QED) is 0.733. The Morgan fingerprint density at radius 3 is 2.94 bits per heavy atom. The summed E-state index contributed by atoms with van der Waals surface area (Å²) in [5.74, 6) is -0.0795. The van der Waals surface area contributed by atoms with Crippen LogP contribution in [0.2, 0.25) is 0 Å². The molecule has 4 nitrogen and oxygen atoms in total. The van der Waals surface area contributed by atoms with Gasteiger partial charge in [0.1, 0.15) is 0 Å². The molecule has 2 saturated heterocycles. The molecule has 0 aliphatic carbocycles. The van der Waals surface area contributed by atoms with E-state index in [1.165, 1.54) is 0 Å². The van der Waals surface area contributed by atoms with E-state index in [-0.39, 0.29) is 5.97 Å². The normalized spacial score (nSPS) is 28.2. The van der Waals surface area contributed by atoms with Gasteiger partial charge >= 0.3 is 5.97 Å². The van der Waals surface area contributed by atoms with E-state index in [0.29, 0.717) is 24.5 Å². The monoisotopic (exact) mass is 227 g/mol. The van der Waals surface area contributed by atoms with E-state index < -0.39 is 0 Å². The Bertz CT molecular complexity index is 249. The van der Waals surface area contributed by atoms with Crippen LogP contribution in [0.15, 0.2) is 0 Å². The summed E-state index contributed by atoms with van der Waals surface area (Å²) in [6, 6.07) is 0.303. The zero-order valence-electron chi connectivity index (χ0n) is 9.96. The lowest BCUT2D eigenvalue weighted by atomic mass is 9.78. The Balaban J connectivity index is 1.80. The molecule has 2 heterocycles. The lowest BCUT2D eigenvalue weighted by Crippen LogP contribution is -2.31. The van der Waals surface area contributed by atoms with Gasteiger partial charge in [-0.25, -0.2) is 0 Å². The third-order valence-electron chi connectivity index (χ3n) is 3.72. The molecule has 1 spiro atoms. The van der Waals surface area contributed by atoms with Crippen LogP contribution >= 0.6 is 0 Å². The third-order valence-corrected chi connectivity index (χ3v) is 3.72. The SMILES string of the molecule is CCOC(=O)CC1CC2(CCOCC2)CN1. The maximum Gasteiger partial charge on any atom is 0.307 e. The summed E-state index contributed by atoms with van der Waals surface area (Å²) in [6.45, 7) is 5.09. The maximum absolute atomic E-state index is 11.4. The second kappa shape index (κ2) is 5.15. The van der Waals surface area contributed by atoms with E-state index in [0.717, 1.165) is 39.0 Å². The molecular formula is C12H21NO3. The number of carbonyl (C=O) groups excluding carboxylic acids is 1. The fraction of sp³-hybridized carbons (Fsp3) is 0.917. The number of hydrogen-bond donors (Lipinski definition) is 1. The van der Waals surface area contributed by atoms with Gasteiger partial charge in [-0.15, -0.1) is 0 Å². The predicted molar refractivity (Wildman–Crippen MR) is 60.1 cm³/mol. The van der Waals surface area contributed by atoms with Crippen molar-refractivity contribution in [3.05, 3.63) is 0 Å². The molecule has 2 rings (SSSR count). The van der Waals surface area contributed by atoms with E-state index in [2.05, 4.69) is 5.32 Å². The van der Waals surface area contributed by atoms with Crippen molar-refractivity contribution in [2.45, 2.75) is 38.6 Å². The summed E-state index contributed by atoms with van der Waals surface area (Å²) in [7, 11) is 0. The fourth-order valence-electron chi connectivity index (χ4n) is 2.78. The zero-order valence-corrected chi connectivity index (χ0v) is 9.96. The first kappa shape index (κ1) is 11.9. The summed E-state index contributed by atoms with van der Waals surface area (Å²) in [4.78, 5) is 11.4. The van der Waals surface area contributed by atoms with Gasteiger partial charge < -0.3 is 14.8 Å². The van der Waals surface area contributed by atoms with Gasteiger partial charge in [-0.05, 0) is 31.6 Å². The van der Waals surface area contributed by atoms with Gasteiger partial charge in [0, 0.05) is 25.8 Å². The summed E-state index contributed by atoms with van der Waals surface area (Å²) in [6.07, 6.45) is 3.85. The molecule has 2 aliphatic heterocycles. The highest BCUT2D eigenvalue weighted by atomic mass is 16.5. The van der Waals surface area contributed by atoms with Crippen LogP contribution < -0.4 is 5.32 Å². The average Bonchev–Trinajstić information content (AvgIpc) is 2.63. The molecule has 1 unspecified atom stereocenters. The molecule has 1 N–H and O–H groups in total. The highest BCUT2D eigenvalue weighted by molar-refractivity contribution is 5.70. The first-order valence-corrected chi connectivity index (χ1v) is 6.21. The van der Waals surface area contributed by atoms with E-state index in [4.69, 9.17) is 9.47 Å². The number of ether oxygens (including phenoxy) is 2. The molecule has 4 heteroatoms. The average molecular weight is 227 g/mol. The second-order valence-electron chi connectivity index (χ2n) is 4.90. The van der Waals surface area contributed by atoms with Gasteiger partial charge in [0.05, 0.1) is 13.0 Å². The molecule has 2 aliphatic rings. The third kappa shape index (κ3) is 2.74. The smallest absolute Gasteiger partial charge is 0.307 e. The zero-order chi connectivity index (χ0) is 11.4. The van der Waals surface area contributed by atoms with Crippen LogP contribution in [0.4, 0.5) is 0 Å². The Hall–Kier alpha value is -0.610. The molecule has 0 saturated carbocycles. The molecule has 0 bridgehead atoms. The highest BCUT2D eigenvalue weighted by Crippen LogP contribution is 2.39. The van der Waals surface area contributed by atoms with Gasteiger partial charge in [-0.1, -0.05) is 0 Å². The summed E-state index contributed by atoms with van der Waals surface area (Å²) >= 11 is 0. The molecule has 0 amide bonds. The largest absolute Gasteiger partial charge is 0.466 e. The summed E-state index contributed by atoms with van der Waals surface area (Å²) < 4.78 is 10.4. The second-order valence-corrected chi connectivity index (χ2v) is 4.90. The predicted octanol–water partition coefficient (Wildman–Crippen LogP) is 1.10. The van der Waals surface area contributed by atoms with Crippen LogP contribution in [-0.2, 0) is 14.3 Å². The van der Waals surface area contributed by atoms with Gasteiger partial charge in [-0.3, -0.25) is 4.79 Å². The van der Waals surface area contributed by atoms with E-state index >= 15 is 0 Å². The van der Waals surface area contributed by atoms with Crippen LogP contribution in [0.25, 0.3) is 0 Å². The molecule has 0 aromatic heterocycles. The number of carbonyl (C=O) groups is 1. The van der Waals surface area contributed by atoms with Crippen LogP contribution in [0, 0.1) is 5.41 Å². The minimum absolute atomic E-state index is 0.0795. The maximum atomic E-state index is 11.4. The van der Waals surface area contributed by atoms with Gasteiger partial charge in [0.25, 0.3) is 0 Å². The molecule has 0 radical (unpaired) electrons. The van der Waals surface area contributed by atoms with E-state index in [1.807, 2.05) is 6.92 Å². The summed E-state index contributed by atoms with van der Waals surface area (Å²) in [5, 5.41) is 3.45. The van der Waals surface area contributed by atoms with E-state index in [9.17, 15) is 4.79 Å². The molecular weight excluding hydrogens is 206 g/mol. The van der Waals surface area contributed by atoms with Crippen molar-refractivity contribution in [2.24, 2.45) is 5.41 Å². The lowest BCUT2D eigenvalue weighted by molar-refractivity contribution is -0.143. The number of nitrogens with one attached hydrogen (secondary N) is 1. The molecule has 92 valence electrons. The first-order valence-electron chi connectivity index (χ1n) is 6.21. The van der Waals surface area contributed by atoms with Crippen LogP contribution in [-0.4, -0.2) is 38.4 Å². The van der Waals surface area contributed by atoms with Crippen LogP contribution in [0.3, 0.4) is 0 Å². The van der Waals surface area contributed by atoms with Gasteiger partial charge in [0.15, 0.2) is 0 Å². The fourth-order valence-corrected chi connectivity index (χ4v) is 2.78. The minimum Gasteiger partial charge on any atom is -0.466 e. The minimum atomic E-state index is -0.0795. The van der Waals surface area contributed by atoms with Crippen molar-refractivity contribution >= 4 is 5.97 Å². The molecule has 16 heavy (non-hydrogen) atoms. The molecule has 2 fully saturated rings. The Labute approximate surface area is 96.7 Å². The Kier molecular flexibility index (Phi) is 3.82. The Morgan fingerprint density at radius 2 is 2.25 bits per heavy atom. The van der Waals surface area contributed by atoms with Crippen molar-refractivity contribution in [1.82, 2.24) is 5.32 Å². The molecule has 0 aromatic carbocycles. The van der Waals surface area contributed by atoms with Gasteiger partial charge in [0.2, 0.25) is 0 Å². The van der Waals surface area contributed by atoms with Crippen LogP contribution in [0.5, 0.6) is 0 Å². The number of hydrogen-bond acceptors (Lipinski definition) is 4. The van der Waals surface area contributed by atoms with Gasteiger partial charge in [-0.2, -0.15) is 0 Å². The molecule has 0 aromatic rings. The van der Waals surface area contributed by atoms with E-state index in [1.54, 1.807) is 0 Å². The topological polar surface area (TPSA) is 47.6 Å². The summed E-state index contributed by atoms with van der Waals surface area (Å²) in [5.41, 5.74) is 0.384. The van der Waals surface area contributed by atoms with Crippen molar-refractivity contribution in [1.29, 1.82) is 0 Å². The van der Waals surface area contributed by atoms with Crippen molar-refractivity contribution in [3.63, 3.8) is 0 Å².